The van der Waals surface area contributed by atoms with Gasteiger partial charge in [-0.2, -0.15) is 0 Å². The molecule has 0 amide bonds. The van der Waals surface area contributed by atoms with Crippen LogP contribution < -0.4 is 5.32 Å². The normalized spacial score (nSPS) is 30.3. The molecule has 0 spiro atoms. The average molecular weight is 269 g/mol. The lowest BCUT2D eigenvalue weighted by Gasteiger charge is -2.29. The van der Waals surface area contributed by atoms with E-state index >= 15 is 0 Å². The number of nitrogens with zero attached hydrogens (tertiary/aromatic N) is 2. The molecule has 0 aromatic carbocycles. The van der Waals surface area contributed by atoms with Crippen molar-refractivity contribution < 1.29 is 4.74 Å². The van der Waals surface area contributed by atoms with Crippen LogP contribution in [0.15, 0.2) is 0 Å². The van der Waals surface area contributed by atoms with Gasteiger partial charge in [-0.3, -0.25) is 0 Å². The van der Waals surface area contributed by atoms with E-state index in [1.54, 1.807) is 0 Å². The third-order valence-corrected chi connectivity index (χ3v) is 4.62. The first-order chi connectivity index (χ1) is 9.20. The van der Waals surface area contributed by atoms with Gasteiger partial charge in [0.05, 0.1) is 6.61 Å². The summed E-state index contributed by atoms with van der Waals surface area (Å²) in [6.07, 6.45) is 3.76. The van der Waals surface area contributed by atoms with Crippen molar-refractivity contribution in [2.45, 2.75) is 38.3 Å². The third-order valence-electron chi connectivity index (χ3n) is 4.62. The SMILES string of the molecule is CCCNC(CN1CCC(N(C)C)C1)C1CCOC1. The third kappa shape index (κ3) is 4.42. The number of ether oxygens (including phenoxy) is 1. The highest BCUT2D eigenvalue weighted by Gasteiger charge is 2.30. The Kier molecular flexibility index (Phi) is 6.07. The summed E-state index contributed by atoms with van der Waals surface area (Å²) in [5.74, 6) is 0.713. The predicted molar refractivity (Wildman–Crippen MR) is 79.5 cm³/mol. The Morgan fingerprint density at radius 3 is 2.79 bits per heavy atom. The molecule has 0 saturated carbocycles. The standard InChI is InChI=1S/C15H31N3O/c1-4-7-16-15(13-6-9-19-12-13)11-18-8-5-14(10-18)17(2)3/h13-16H,4-12H2,1-3H3. The van der Waals surface area contributed by atoms with Crippen LogP contribution in [0.4, 0.5) is 0 Å². The number of likely N-dealkylation sites (tertiary alicyclic amines) is 1. The van der Waals surface area contributed by atoms with E-state index in [1.165, 1.54) is 38.9 Å². The van der Waals surface area contributed by atoms with Gasteiger partial charge in [-0.05, 0) is 46.4 Å². The molecule has 2 saturated heterocycles. The molecule has 2 fully saturated rings. The minimum absolute atomic E-state index is 0.614. The first-order valence-electron chi connectivity index (χ1n) is 7.90. The molecule has 112 valence electrons. The molecule has 0 bridgehead atoms. The van der Waals surface area contributed by atoms with E-state index in [0.29, 0.717) is 12.0 Å². The predicted octanol–water partition coefficient (Wildman–Crippen LogP) is 1.03. The van der Waals surface area contributed by atoms with Crippen molar-refractivity contribution in [1.82, 2.24) is 15.1 Å². The highest BCUT2D eigenvalue weighted by atomic mass is 16.5. The molecule has 2 heterocycles. The molecule has 3 unspecified atom stereocenters. The van der Waals surface area contributed by atoms with Gasteiger partial charge in [0.1, 0.15) is 0 Å². The van der Waals surface area contributed by atoms with E-state index in [4.69, 9.17) is 4.74 Å². The largest absolute Gasteiger partial charge is 0.381 e. The Balaban J connectivity index is 1.81. The fourth-order valence-corrected chi connectivity index (χ4v) is 3.26. The van der Waals surface area contributed by atoms with Crippen molar-refractivity contribution in [2.24, 2.45) is 5.92 Å². The Morgan fingerprint density at radius 2 is 2.21 bits per heavy atom. The Labute approximate surface area is 118 Å². The molecule has 1 N–H and O–H groups in total. The Bertz CT molecular complexity index is 254. The van der Waals surface area contributed by atoms with E-state index in [0.717, 1.165) is 25.8 Å². The minimum Gasteiger partial charge on any atom is -0.381 e. The Hall–Kier alpha value is -0.160. The van der Waals surface area contributed by atoms with Crippen molar-refractivity contribution in [3.05, 3.63) is 0 Å². The molecule has 2 rings (SSSR count). The van der Waals surface area contributed by atoms with Crippen LogP contribution in [-0.2, 0) is 4.74 Å². The molecule has 2 aliphatic heterocycles. The summed E-state index contributed by atoms with van der Waals surface area (Å²) >= 11 is 0. The average Bonchev–Trinajstić information content (AvgIpc) is 3.05. The number of hydrogen-bond acceptors (Lipinski definition) is 4. The fourth-order valence-electron chi connectivity index (χ4n) is 3.26. The minimum atomic E-state index is 0.614. The molecule has 0 radical (unpaired) electrons. The van der Waals surface area contributed by atoms with Crippen LogP contribution >= 0.6 is 0 Å². The van der Waals surface area contributed by atoms with Crippen molar-refractivity contribution in [3.63, 3.8) is 0 Å². The van der Waals surface area contributed by atoms with Crippen molar-refractivity contribution >= 4 is 0 Å². The maximum absolute atomic E-state index is 5.58. The second-order valence-electron chi connectivity index (χ2n) is 6.35. The number of hydrogen-bond donors (Lipinski definition) is 1. The summed E-state index contributed by atoms with van der Waals surface area (Å²) < 4.78 is 5.58. The zero-order valence-corrected chi connectivity index (χ0v) is 12.9. The van der Waals surface area contributed by atoms with Crippen LogP contribution in [0.5, 0.6) is 0 Å². The Morgan fingerprint density at radius 1 is 1.37 bits per heavy atom. The van der Waals surface area contributed by atoms with Crippen molar-refractivity contribution in [1.29, 1.82) is 0 Å². The van der Waals surface area contributed by atoms with Gasteiger partial charge in [-0.25, -0.2) is 0 Å². The highest BCUT2D eigenvalue weighted by molar-refractivity contribution is 4.87. The van der Waals surface area contributed by atoms with Gasteiger partial charge in [-0.1, -0.05) is 6.92 Å². The second kappa shape index (κ2) is 7.58. The van der Waals surface area contributed by atoms with Crippen molar-refractivity contribution in [2.75, 3.05) is 53.5 Å². The van der Waals surface area contributed by atoms with E-state index in [2.05, 4.69) is 36.1 Å². The topological polar surface area (TPSA) is 27.7 Å². The molecule has 2 aliphatic rings. The van der Waals surface area contributed by atoms with E-state index in [9.17, 15) is 0 Å². The van der Waals surface area contributed by atoms with E-state index < -0.39 is 0 Å². The van der Waals surface area contributed by atoms with E-state index in [1.807, 2.05) is 0 Å². The molecule has 3 atom stereocenters. The quantitative estimate of drug-likeness (QED) is 0.747. The van der Waals surface area contributed by atoms with Crippen molar-refractivity contribution in [3.8, 4) is 0 Å². The molecule has 0 aliphatic carbocycles. The maximum Gasteiger partial charge on any atom is 0.0510 e. The second-order valence-corrected chi connectivity index (χ2v) is 6.35. The fraction of sp³-hybridized carbons (Fsp3) is 1.00. The lowest BCUT2D eigenvalue weighted by atomic mass is 9.98. The number of rotatable bonds is 7. The summed E-state index contributed by atoms with van der Waals surface area (Å²) in [5, 5.41) is 3.75. The van der Waals surface area contributed by atoms with Crippen LogP contribution in [0, 0.1) is 5.92 Å². The lowest BCUT2D eigenvalue weighted by Crippen LogP contribution is -2.46. The molecule has 19 heavy (non-hydrogen) atoms. The molecule has 0 aromatic rings. The van der Waals surface area contributed by atoms with Gasteiger partial charge in [0.15, 0.2) is 0 Å². The van der Waals surface area contributed by atoms with Crippen LogP contribution in [0.2, 0.25) is 0 Å². The molecular formula is C15H31N3O. The summed E-state index contributed by atoms with van der Waals surface area (Å²) in [6, 6.07) is 1.36. The molecule has 4 nitrogen and oxygen atoms in total. The number of likely N-dealkylation sites (N-methyl/N-ethyl adjacent to an activating group) is 1. The van der Waals surface area contributed by atoms with Gasteiger partial charge in [0.25, 0.3) is 0 Å². The van der Waals surface area contributed by atoms with Gasteiger partial charge >= 0.3 is 0 Å². The molecular weight excluding hydrogens is 238 g/mol. The summed E-state index contributed by atoms with van der Waals surface area (Å²) in [4.78, 5) is 5.00. The first kappa shape index (κ1) is 15.2. The zero-order valence-electron chi connectivity index (χ0n) is 12.9. The van der Waals surface area contributed by atoms with Crippen LogP contribution in [0.25, 0.3) is 0 Å². The van der Waals surface area contributed by atoms with Gasteiger partial charge in [-0.15, -0.1) is 0 Å². The van der Waals surface area contributed by atoms with Gasteiger partial charge < -0.3 is 19.9 Å². The summed E-state index contributed by atoms with van der Waals surface area (Å²) in [5.41, 5.74) is 0. The van der Waals surface area contributed by atoms with Gasteiger partial charge in [0, 0.05) is 37.7 Å². The van der Waals surface area contributed by atoms with Crippen LogP contribution in [0.3, 0.4) is 0 Å². The smallest absolute Gasteiger partial charge is 0.0510 e. The summed E-state index contributed by atoms with van der Waals surface area (Å²) in [6.45, 7) is 8.95. The van der Waals surface area contributed by atoms with E-state index in [-0.39, 0.29) is 0 Å². The zero-order chi connectivity index (χ0) is 13.7. The first-order valence-corrected chi connectivity index (χ1v) is 7.90. The molecule has 0 aromatic heterocycles. The van der Waals surface area contributed by atoms with Crippen LogP contribution in [-0.4, -0.2) is 75.4 Å². The highest BCUT2D eigenvalue weighted by Crippen LogP contribution is 2.20. The summed E-state index contributed by atoms with van der Waals surface area (Å²) in [7, 11) is 4.40. The van der Waals surface area contributed by atoms with Gasteiger partial charge in [0.2, 0.25) is 0 Å². The molecule has 4 heteroatoms. The maximum atomic E-state index is 5.58. The van der Waals surface area contributed by atoms with Crippen LogP contribution in [0.1, 0.15) is 26.2 Å². The lowest BCUT2D eigenvalue weighted by molar-refractivity contribution is 0.164. The number of nitrogens with one attached hydrogen (secondary N) is 1. The monoisotopic (exact) mass is 269 g/mol.